The lowest BCUT2D eigenvalue weighted by Gasteiger charge is -2.25. The molecule has 0 aromatic carbocycles. The van der Waals surface area contributed by atoms with Crippen molar-refractivity contribution in [2.75, 3.05) is 5.32 Å². The van der Waals surface area contributed by atoms with Crippen LogP contribution in [0.5, 0.6) is 0 Å². The van der Waals surface area contributed by atoms with Crippen LogP contribution in [0.3, 0.4) is 0 Å². The highest BCUT2D eigenvalue weighted by molar-refractivity contribution is 6.04. The Morgan fingerprint density at radius 1 is 1.40 bits per heavy atom. The van der Waals surface area contributed by atoms with Crippen LogP contribution < -0.4 is 11.1 Å². The molecule has 0 unspecified atom stereocenters. The van der Waals surface area contributed by atoms with Gasteiger partial charge in [0.25, 0.3) is 0 Å². The summed E-state index contributed by atoms with van der Waals surface area (Å²) in [4.78, 5) is 0. The van der Waals surface area contributed by atoms with Crippen molar-refractivity contribution >= 4 is 17.0 Å². The Morgan fingerprint density at radius 2 is 2.20 bits per heavy atom. The highest BCUT2D eigenvalue weighted by Crippen LogP contribution is 2.27. The number of aromatic nitrogens is 2. The van der Waals surface area contributed by atoms with Gasteiger partial charge >= 0.3 is 0 Å². The van der Waals surface area contributed by atoms with Gasteiger partial charge < -0.3 is 16.3 Å². The summed E-state index contributed by atoms with van der Waals surface area (Å²) in [6, 6.07) is 4.35. The van der Waals surface area contributed by atoms with E-state index in [0.717, 1.165) is 24.0 Å². The Morgan fingerprint density at radius 3 is 2.95 bits per heavy atom. The largest absolute Gasteiger partial charge is 0.409 e. The molecule has 1 aliphatic carbocycles. The maximum Gasteiger partial charge on any atom is 0.173 e. The van der Waals surface area contributed by atoms with E-state index in [1.807, 2.05) is 18.3 Å². The first-order valence-electron chi connectivity index (χ1n) is 7.00. The van der Waals surface area contributed by atoms with E-state index in [4.69, 9.17) is 10.9 Å². The topological polar surface area (TPSA) is 87.9 Å². The van der Waals surface area contributed by atoms with Crippen LogP contribution in [0.15, 0.2) is 29.7 Å². The number of fused-ring (bicyclic) bond motifs is 1. The summed E-state index contributed by atoms with van der Waals surface area (Å²) in [6.45, 7) is 0. The Labute approximate surface area is 117 Å². The van der Waals surface area contributed by atoms with Gasteiger partial charge in [-0.3, -0.25) is 0 Å². The van der Waals surface area contributed by atoms with E-state index in [-0.39, 0.29) is 5.84 Å². The zero-order valence-corrected chi connectivity index (χ0v) is 11.3. The van der Waals surface area contributed by atoms with Gasteiger partial charge in [-0.05, 0) is 25.0 Å². The average molecular weight is 273 g/mol. The number of nitrogens with zero attached hydrogens (tertiary/aromatic N) is 3. The normalized spacial score (nSPS) is 17.5. The Balaban J connectivity index is 2.02. The molecule has 6 heteroatoms. The number of nitrogens with one attached hydrogen (secondary N) is 1. The van der Waals surface area contributed by atoms with Gasteiger partial charge in [-0.1, -0.05) is 24.4 Å². The summed E-state index contributed by atoms with van der Waals surface area (Å²) in [5.41, 5.74) is 8.25. The fourth-order valence-corrected chi connectivity index (χ4v) is 2.84. The van der Waals surface area contributed by atoms with Gasteiger partial charge in [0.05, 0.1) is 23.0 Å². The molecule has 1 aliphatic rings. The monoisotopic (exact) mass is 273 g/mol. The molecule has 0 radical (unpaired) electrons. The summed E-state index contributed by atoms with van der Waals surface area (Å²) in [6.07, 6.45) is 9.64. The number of rotatable bonds is 3. The van der Waals surface area contributed by atoms with Crippen LogP contribution >= 0.6 is 0 Å². The van der Waals surface area contributed by atoms with Gasteiger partial charge in [-0.2, -0.15) is 5.10 Å². The molecule has 3 rings (SSSR count). The van der Waals surface area contributed by atoms with Gasteiger partial charge in [0.15, 0.2) is 5.84 Å². The minimum absolute atomic E-state index is 0.0829. The Bertz CT molecular complexity index is 628. The zero-order valence-electron chi connectivity index (χ0n) is 11.3. The molecule has 0 amide bonds. The second kappa shape index (κ2) is 5.40. The zero-order chi connectivity index (χ0) is 13.9. The van der Waals surface area contributed by atoms with Gasteiger partial charge in [0, 0.05) is 12.2 Å². The van der Waals surface area contributed by atoms with Crippen LogP contribution in [-0.4, -0.2) is 26.7 Å². The average Bonchev–Trinajstić information content (AvgIpc) is 2.97. The van der Waals surface area contributed by atoms with Crippen LogP contribution in [0.4, 0.5) is 5.69 Å². The van der Waals surface area contributed by atoms with Crippen molar-refractivity contribution in [1.29, 1.82) is 0 Å². The lowest BCUT2D eigenvalue weighted by Crippen LogP contribution is -2.25. The number of oxime groups is 1. The van der Waals surface area contributed by atoms with E-state index in [2.05, 4.69) is 15.6 Å². The lowest BCUT2D eigenvalue weighted by molar-refractivity contribution is 0.318. The minimum Gasteiger partial charge on any atom is -0.409 e. The highest BCUT2D eigenvalue weighted by Gasteiger charge is 2.18. The van der Waals surface area contributed by atoms with Crippen LogP contribution in [0.2, 0.25) is 0 Å². The first-order chi connectivity index (χ1) is 9.79. The third kappa shape index (κ3) is 2.29. The first-order valence-corrected chi connectivity index (χ1v) is 7.00. The molecule has 2 heterocycles. The number of amidine groups is 1. The maximum atomic E-state index is 8.94. The predicted molar refractivity (Wildman–Crippen MR) is 78.2 cm³/mol. The number of hydrogen-bond acceptors (Lipinski definition) is 4. The molecule has 1 saturated carbocycles. The molecule has 1 fully saturated rings. The van der Waals surface area contributed by atoms with E-state index >= 15 is 0 Å². The number of anilines is 1. The summed E-state index contributed by atoms with van der Waals surface area (Å²) < 4.78 is 1.79. The quantitative estimate of drug-likeness (QED) is 0.346. The van der Waals surface area contributed by atoms with Gasteiger partial charge in [0.1, 0.15) is 0 Å². The SMILES string of the molecule is NC(=NO)c1cnn2cccc2c1NC1CCCCC1. The molecular weight excluding hydrogens is 254 g/mol. The molecule has 0 saturated heterocycles. The Hall–Kier alpha value is -2.24. The molecule has 0 bridgehead atoms. The second-order valence-corrected chi connectivity index (χ2v) is 5.24. The van der Waals surface area contributed by atoms with Crippen molar-refractivity contribution < 1.29 is 5.21 Å². The third-order valence-corrected chi connectivity index (χ3v) is 3.90. The second-order valence-electron chi connectivity index (χ2n) is 5.24. The number of hydrogen-bond donors (Lipinski definition) is 3. The molecule has 20 heavy (non-hydrogen) atoms. The minimum atomic E-state index is 0.0829. The van der Waals surface area contributed by atoms with Crippen molar-refractivity contribution in [2.45, 2.75) is 38.1 Å². The van der Waals surface area contributed by atoms with Crippen molar-refractivity contribution in [3.8, 4) is 0 Å². The molecular formula is C14H19N5O. The van der Waals surface area contributed by atoms with Crippen molar-refractivity contribution in [2.24, 2.45) is 10.9 Å². The third-order valence-electron chi connectivity index (χ3n) is 3.90. The van der Waals surface area contributed by atoms with Gasteiger partial charge in [0.2, 0.25) is 0 Å². The standard InChI is InChI=1S/C14H19N5O/c15-14(18-20)11-9-16-19-8-4-7-12(19)13(11)17-10-5-2-1-3-6-10/h4,7-10,17,20H,1-3,5-6H2,(H2,15,18). The molecule has 6 nitrogen and oxygen atoms in total. The van der Waals surface area contributed by atoms with Crippen molar-refractivity contribution in [3.05, 3.63) is 30.1 Å². The summed E-state index contributed by atoms with van der Waals surface area (Å²) in [5.74, 6) is 0.0829. The van der Waals surface area contributed by atoms with Gasteiger partial charge in [-0.15, -0.1) is 0 Å². The van der Waals surface area contributed by atoms with Crippen LogP contribution in [0.1, 0.15) is 37.7 Å². The van der Waals surface area contributed by atoms with Gasteiger partial charge in [-0.25, -0.2) is 4.52 Å². The lowest BCUT2D eigenvalue weighted by atomic mass is 9.95. The fraction of sp³-hybridized carbons (Fsp3) is 0.429. The fourth-order valence-electron chi connectivity index (χ4n) is 2.84. The molecule has 2 aromatic rings. The van der Waals surface area contributed by atoms with Crippen molar-refractivity contribution in [3.63, 3.8) is 0 Å². The van der Waals surface area contributed by atoms with E-state index in [1.54, 1.807) is 10.7 Å². The molecule has 106 valence electrons. The van der Waals surface area contributed by atoms with Crippen LogP contribution in [0, 0.1) is 0 Å². The highest BCUT2D eigenvalue weighted by atomic mass is 16.4. The summed E-state index contributed by atoms with van der Waals surface area (Å²) in [5, 5.41) is 19.9. The van der Waals surface area contributed by atoms with E-state index in [0.29, 0.717) is 11.6 Å². The van der Waals surface area contributed by atoms with Crippen LogP contribution in [0.25, 0.3) is 5.52 Å². The summed E-state index contributed by atoms with van der Waals surface area (Å²) in [7, 11) is 0. The smallest absolute Gasteiger partial charge is 0.173 e. The molecule has 4 N–H and O–H groups in total. The molecule has 0 atom stereocenters. The molecule has 0 aliphatic heterocycles. The van der Waals surface area contributed by atoms with E-state index in [9.17, 15) is 0 Å². The maximum absolute atomic E-state index is 8.94. The van der Waals surface area contributed by atoms with E-state index < -0.39 is 0 Å². The van der Waals surface area contributed by atoms with Crippen molar-refractivity contribution in [1.82, 2.24) is 9.61 Å². The Kier molecular flexibility index (Phi) is 3.45. The molecule has 0 spiro atoms. The van der Waals surface area contributed by atoms with Crippen LogP contribution in [-0.2, 0) is 0 Å². The molecule has 2 aromatic heterocycles. The first kappa shape index (κ1) is 12.8. The van der Waals surface area contributed by atoms with E-state index in [1.165, 1.54) is 19.3 Å². The number of nitrogens with two attached hydrogens (primary N) is 1. The summed E-state index contributed by atoms with van der Waals surface area (Å²) >= 11 is 0. The predicted octanol–water partition coefficient (Wildman–Crippen LogP) is 2.17.